The van der Waals surface area contributed by atoms with Gasteiger partial charge in [0.2, 0.25) is 0 Å². The van der Waals surface area contributed by atoms with E-state index in [0.29, 0.717) is 6.42 Å². The van der Waals surface area contributed by atoms with Gasteiger partial charge in [-0.15, -0.1) is 12.4 Å². The van der Waals surface area contributed by atoms with Crippen LogP contribution in [0.1, 0.15) is 58.3 Å². The lowest BCUT2D eigenvalue weighted by Gasteiger charge is -1.98. The first kappa shape index (κ1) is 19.3. The summed E-state index contributed by atoms with van der Waals surface area (Å²) in [4.78, 5) is 10.1. The number of carbonyl (C=O) groups is 1. The molecule has 0 aliphatic heterocycles. The molecule has 3 nitrogen and oxygen atoms in total. The summed E-state index contributed by atoms with van der Waals surface area (Å²) < 4.78 is 0. The van der Waals surface area contributed by atoms with E-state index in [0.717, 1.165) is 12.8 Å². The van der Waals surface area contributed by atoms with Crippen molar-refractivity contribution in [3.63, 3.8) is 0 Å². The first-order valence-electron chi connectivity index (χ1n) is 4.99. The van der Waals surface area contributed by atoms with Gasteiger partial charge in [-0.25, -0.2) is 0 Å². The monoisotopic (exact) mass is 225 g/mol. The highest BCUT2D eigenvalue weighted by Gasteiger charge is 1.95. The Morgan fingerprint density at radius 2 is 1.43 bits per heavy atom. The van der Waals surface area contributed by atoms with Gasteiger partial charge in [0.05, 0.1) is 0 Å². The second-order valence-electron chi connectivity index (χ2n) is 3.27. The van der Waals surface area contributed by atoms with Crippen molar-refractivity contribution in [2.75, 3.05) is 0 Å². The van der Waals surface area contributed by atoms with E-state index >= 15 is 0 Å². The van der Waals surface area contributed by atoms with Gasteiger partial charge in [-0.2, -0.15) is 0 Å². The molecular formula is C10H24ClNO2. The van der Waals surface area contributed by atoms with Gasteiger partial charge in [0, 0.05) is 6.42 Å². The highest BCUT2D eigenvalue weighted by Crippen LogP contribution is 2.07. The minimum absolute atomic E-state index is 0. The lowest BCUT2D eigenvalue weighted by atomic mass is 10.1. The Morgan fingerprint density at radius 3 is 1.86 bits per heavy atom. The first-order valence-corrected chi connectivity index (χ1v) is 4.99. The number of halogens is 1. The molecule has 0 unspecified atom stereocenters. The van der Waals surface area contributed by atoms with E-state index in [1.165, 1.54) is 32.1 Å². The molecule has 0 bridgehead atoms. The second-order valence-corrected chi connectivity index (χ2v) is 3.27. The molecule has 0 aliphatic rings. The van der Waals surface area contributed by atoms with Crippen molar-refractivity contribution in [3.8, 4) is 0 Å². The largest absolute Gasteiger partial charge is 0.481 e. The van der Waals surface area contributed by atoms with Crippen molar-refractivity contribution in [2.45, 2.75) is 58.3 Å². The normalized spacial score (nSPS) is 8.64. The van der Waals surface area contributed by atoms with Crippen molar-refractivity contribution in [1.29, 1.82) is 0 Å². The maximum absolute atomic E-state index is 10.1. The molecule has 0 amide bonds. The molecule has 0 spiro atoms. The van der Waals surface area contributed by atoms with E-state index in [1.54, 1.807) is 0 Å². The van der Waals surface area contributed by atoms with Gasteiger partial charge in [-0.05, 0) is 6.42 Å². The Hall–Kier alpha value is -0.280. The molecule has 0 aliphatic carbocycles. The van der Waals surface area contributed by atoms with Crippen LogP contribution in [0.2, 0.25) is 0 Å². The van der Waals surface area contributed by atoms with Crippen LogP contribution in [0.25, 0.3) is 0 Å². The smallest absolute Gasteiger partial charge is 0.303 e. The Balaban J connectivity index is -0.000000605. The molecule has 0 aromatic rings. The molecule has 4 N–H and O–H groups in total. The average Bonchev–Trinajstić information content (AvgIpc) is 2.02. The van der Waals surface area contributed by atoms with Crippen molar-refractivity contribution < 1.29 is 9.90 Å². The second kappa shape index (κ2) is 15.2. The summed E-state index contributed by atoms with van der Waals surface area (Å²) >= 11 is 0. The molecule has 0 atom stereocenters. The quantitative estimate of drug-likeness (QED) is 0.618. The molecule has 0 aromatic heterocycles. The van der Waals surface area contributed by atoms with Crippen molar-refractivity contribution >= 4 is 18.4 Å². The van der Waals surface area contributed by atoms with Crippen LogP contribution in [0, 0.1) is 0 Å². The molecule has 0 saturated heterocycles. The molecule has 0 fully saturated rings. The summed E-state index contributed by atoms with van der Waals surface area (Å²) in [6, 6.07) is 0. The van der Waals surface area contributed by atoms with Crippen LogP contribution in [0.5, 0.6) is 0 Å². The average molecular weight is 226 g/mol. The third-order valence-corrected chi connectivity index (χ3v) is 1.99. The number of aliphatic carboxylic acids is 1. The fourth-order valence-electron chi connectivity index (χ4n) is 1.23. The summed E-state index contributed by atoms with van der Waals surface area (Å²) in [6.45, 7) is 2.20. The fourth-order valence-corrected chi connectivity index (χ4v) is 1.23. The molecule has 14 heavy (non-hydrogen) atoms. The number of rotatable bonds is 8. The van der Waals surface area contributed by atoms with Crippen LogP contribution in [0.15, 0.2) is 0 Å². The van der Waals surface area contributed by atoms with E-state index in [1.807, 2.05) is 0 Å². The van der Waals surface area contributed by atoms with Gasteiger partial charge in [0.25, 0.3) is 0 Å². The van der Waals surface area contributed by atoms with Gasteiger partial charge in [-0.3, -0.25) is 4.79 Å². The molecule has 0 radical (unpaired) electrons. The predicted molar refractivity (Wildman–Crippen MR) is 62.5 cm³/mol. The van der Waals surface area contributed by atoms with Gasteiger partial charge >= 0.3 is 5.97 Å². The molecule has 0 rings (SSSR count). The maximum Gasteiger partial charge on any atom is 0.303 e. The van der Waals surface area contributed by atoms with Crippen LogP contribution in [0.4, 0.5) is 0 Å². The van der Waals surface area contributed by atoms with E-state index in [2.05, 4.69) is 6.92 Å². The van der Waals surface area contributed by atoms with Gasteiger partial charge in [0.1, 0.15) is 0 Å². The zero-order chi connectivity index (χ0) is 9.23. The highest BCUT2D eigenvalue weighted by atomic mass is 35.5. The summed E-state index contributed by atoms with van der Waals surface area (Å²) in [5, 5.41) is 8.35. The Morgan fingerprint density at radius 1 is 1.00 bits per heavy atom. The van der Waals surface area contributed by atoms with Crippen LogP contribution in [-0.4, -0.2) is 11.1 Å². The third-order valence-electron chi connectivity index (χ3n) is 1.99. The molecular weight excluding hydrogens is 202 g/mol. The van der Waals surface area contributed by atoms with E-state index < -0.39 is 5.97 Å². The van der Waals surface area contributed by atoms with Crippen molar-refractivity contribution in [3.05, 3.63) is 0 Å². The summed E-state index contributed by atoms with van der Waals surface area (Å²) in [5.41, 5.74) is 0. The highest BCUT2D eigenvalue weighted by molar-refractivity contribution is 5.85. The van der Waals surface area contributed by atoms with E-state index in [9.17, 15) is 4.79 Å². The van der Waals surface area contributed by atoms with E-state index in [-0.39, 0.29) is 18.6 Å². The van der Waals surface area contributed by atoms with Crippen LogP contribution >= 0.6 is 12.4 Å². The zero-order valence-corrected chi connectivity index (χ0v) is 9.94. The topological polar surface area (TPSA) is 72.3 Å². The molecule has 0 saturated carbocycles. The fraction of sp³-hybridized carbons (Fsp3) is 0.900. The van der Waals surface area contributed by atoms with Gasteiger partial charge in [-0.1, -0.05) is 45.4 Å². The molecule has 0 aromatic carbocycles. The van der Waals surface area contributed by atoms with Crippen LogP contribution in [-0.2, 0) is 4.79 Å². The molecule has 88 valence electrons. The SMILES string of the molecule is CCCCCCCCCC(=O)O.Cl.N. The molecule has 4 heteroatoms. The maximum atomic E-state index is 10.1. The Bertz CT molecular complexity index is 121. The van der Waals surface area contributed by atoms with Gasteiger partial charge in [0.15, 0.2) is 0 Å². The number of hydrogen-bond acceptors (Lipinski definition) is 2. The van der Waals surface area contributed by atoms with Gasteiger partial charge < -0.3 is 11.3 Å². The molecule has 0 heterocycles. The Labute approximate surface area is 93.3 Å². The summed E-state index contributed by atoms with van der Waals surface area (Å²) in [7, 11) is 0. The minimum atomic E-state index is -0.663. The first-order chi connectivity index (χ1) is 5.77. The number of carboxylic acids is 1. The number of unbranched alkanes of at least 4 members (excludes halogenated alkanes) is 6. The summed E-state index contributed by atoms with van der Waals surface area (Å²) in [6.07, 6.45) is 8.64. The number of carboxylic acid groups (broad SMARTS) is 1. The third kappa shape index (κ3) is 17.7. The Kier molecular flexibility index (Phi) is 21.0. The van der Waals surface area contributed by atoms with Crippen molar-refractivity contribution in [1.82, 2.24) is 6.15 Å². The standard InChI is InChI=1S/C10H20O2.ClH.H3N/c1-2-3-4-5-6-7-8-9-10(11)12;;/h2-9H2,1H3,(H,11,12);1H;1H3. The lowest BCUT2D eigenvalue weighted by molar-refractivity contribution is -0.137. The minimum Gasteiger partial charge on any atom is -0.481 e. The number of hydrogen-bond donors (Lipinski definition) is 2. The predicted octanol–water partition coefficient (Wildman–Crippen LogP) is 3.80. The summed E-state index contributed by atoms with van der Waals surface area (Å²) in [5.74, 6) is -0.663. The van der Waals surface area contributed by atoms with E-state index in [4.69, 9.17) is 5.11 Å². The van der Waals surface area contributed by atoms with Crippen molar-refractivity contribution in [2.24, 2.45) is 0 Å². The van der Waals surface area contributed by atoms with Crippen LogP contribution < -0.4 is 6.15 Å². The van der Waals surface area contributed by atoms with Crippen LogP contribution in [0.3, 0.4) is 0 Å². The zero-order valence-electron chi connectivity index (χ0n) is 9.13. The lowest BCUT2D eigenvalue weighted by Crippen LogP contribution is -1.93.